The second kappa shape index (κ2) is 4.62. The summed E-state index contributed by atoms with van der Waals surface area (Å²) < 4.78 is 23.7. The van der Waals surface area contributed by atoms with Crippen molar-refractivity contribution in [2.75, 3.05) is 18.1 Å². The topological polar surface area (TPSA) is 59.1 Å². The van der Waals surface area contributed by atoms with Crippen LogP contribution < -0.4 is 5.32 Å². The van der Waals surface area contributed by atoms with Gasteiger partial charge in [0.05, 0.1) is 15.1 Å². The van der Waals surface area contributed by atoms with Crippen LogP contribution in [0.4, 0.5) is 5.13 Å². The molecule has 0 amide bonds. The Morgan fingerprint density at radius 3 is 2.82 bits per heavy atom. The van der Waals surface area contributed by atoms with Crippen LogP contribution >= 0.6 is 11.3 Å². The van der Waals surface area contributed by atoms with Gasteiger partial charge in [-0.3, -0.25) is 0 Å². The van der Waals surface area contributed by atoms with Gasteiger partial charge in [-0.2, -0.15) is 0 Å². The minimum absolute atomic E-state index is 0.343. The molecule has 4 nitrogen and oxygen atoms in total. The molecule has 6 heteroatoms. The third kappa shape index (κ3) is 2.76. The molecule has 92 valence electrons. The van der Waals surface area contributed by atoms with Gasteiger partial charge in [0.2, 0.25) is 0 Å². The van der Waals surface area contributed by atoms with Gasteiger partial charge in [-0.05, 0) is 24.6 Å². The Kier molecular flexibility index (Phi) is 3.35. The van der Waals surface area contributed by atoms with Crippen LogP contribution in [-0.2, 0) is 9.84 Å². The molecule has 0 aliphatic carbocycles. The minimum Gasteiger partial charge on any atom is -0.361 e. The monoisotopic (exact) mass is 270 g/mol. The lowest BCUT2D eigenvalue weighted by atomic mass is 10.3. The summed E-state index contributed by atoms with van der Waals surface area (Å²) in [5.74, 6) is 0. The number of sulfone groups is 1. The van der Waals surface area contributed by atoms with Crippen LogP contribution in [0, 0.1) is 0 Å². The van der Waals surface area contributed by atoms with Crippen molar-refractivity contribution in [1.82, 2.24) is 4.98 Å². The molecule has 0 fully saturated rings. The quantitative estimate of drug-likeness (QED) is 0.927. The summed E-state index contributed by atoms with van der Waals surface area (Å²) in [6.07, 6.45) is 2.25. The van der Waals surface area contributed by atoms with E-state index >= 15 is 0 Å². The van der Waals surface area contributed by atoms with Crippen LogP contribution in [0.2, 0.25) is 0 Å². The van der Waals surface area contributed by atoms with Crippen LogP contribution in [0.1, 0.15) is 13.3 Å². The number of hydrogen-bond acceptors (Lipinski definition) is 5. The molecule has 0 unspecified atom stereocenters. The molecule has 0 radical (unpaired) electrons. The fourth-order valence-electron chi connectivity index (χ4n) is 1.44. The van der Waals surface area contributed by atoms with E-state index < -0.39 is 9.84 Å². The van der Waals surface area contributed by atoms with Gasteiger partial charge >= 0.3 is 0 Å². The van der Waals surface area contributed by atoms with Gasteiger partial charge in [-0.1, -0.05) is 18.3 Å². The number of rotatable bonds is 4. The molecule has 0 atom stereocenters. The van der Waals surface area contributed by atoms with Crippen molar-refractivity contribution in [3.8, 4) is 0 Å². The van der Waals surface area contributed by atoms with Gasteiger partial charge in [0, 0.05) is 12.8 Å². The lowest BCUT2D eigenvalue weighted by molar-refractivity contribution is 0.602. The second-order valence-corrected chi connectivity index (χ2v) is 6.89. The molecule has 0 spiro atoms. The van der Waals surface area contributed by atoms with Gasteiger partial charge in [-0.15, -0.1) is 0 Å². The molecule has 17 heavy (non-hydrogen) atoms. The standard InChI is InChI=1S/C11H14N2O2S2/c1-3-6-12-11-13-9-5-4-8(17(2,14)15)7-10(9)16-11/h4-5,7H,3,6H2,1-2H3,(H,12,13). The third-order valence-electron chi connectivity index (χ3n) is 2.31. The zero-order chi connectivity index (χ0) is 12.5. The first-order chi connectivity index (χ1) is 8.00. The zero-order valence-corrected chi connectivity index (χ0v) is 11.4. The van der Waals surface area contributed by atoms with E-state index in [1.165, 1.54) is 17.6 Å². The fourth-order valence-corrected chi connectivity index (χ4v) is 3.10. The first-order valence-electron chi connectivity index (χ1n) is 5.35. The van der Waals surface area contributed by atoms with E-state index in [1.54, 1.807) is 18.2 Å². The molecule has 0 saturated carbocycles. The molecular weight excluding hydrogens is 256 g/mol. The molecule has 0 aliphatic rings. The van der Waals surface area contributed by atoms with Gasteiger partial charge < -0.3 is 5.32 Å². The van der Waals surface area contributed by atoms with Crippen molar-refractivity contribution >= 4 is 36.5 Å². The molecule has 2 aromatic rings. The maximum absolute atomic E-state index is 11.4. The van der Waals surface area contributed by atoms with E-state index in [4.69, 9.17) is 0 Å². The number of aromatic nitrogens is 1. The lowest BCUT2D eigenvalue weighted by Crippen LogP contribution is -1.98. The average Bonchev–Trinajstić information content (AvgIpc) is 2.66. The molecule has 0 saturated heterocycles. The SMILES string of the molecule is CCCNc1nc2ccc(S(C)(=O)=O)cc2s1. The Balaban J connectivity index is 2.41. The van der Waals surface area contributed by atoms with Crippen LogP contribution in [0.15, 0.2) is 23.1 Å². The van der Waals surface area contributed by atoms with Crippen molar-refractivity contribution in [1.29, 1.82) is 0 Å². The van der Waals surface area contributed by atoms with Gasteiger partial charge in [0.25, 0.3) is 0 Å². The molecule has 1 heterocycles. The average molecular weight is 270 g/mol. The lowest BCUT2D eigenvalue weighted by Gasteiger charge is -1.96. The van der Waals surface area contributed by atoms with Crippen LogP contribution in [0.25, 0.3) is 10.2 Å². The van der Waals surface area contributed by atoms with Crippen molar-refractivity contribution in [2.24, 2.45) is 0 Å². The molecule has 2 rings (SSSR count). The number of nitrogens with one attached hydrogen (secondary N) is 1. The van der Waals surface area contributed by atoms with Crippen LogP contribution in [-0.4, -0.2) is 26.2 Å². The Labute approximate surface area is 105 Å². The molecular formula is C11H14N2O2S2. The number of anilines is 1. The van der Waals surface area contributed by atoms with Gasteiger partial charge in [-0.25, -0.2) is 13.4 Å². The number of benzene rings is 1. The van der Waals surface area contributed by atoms with Crippen LogP contribution in [0.5, 0.6) is 0 Å². The highest BCUT2D eigenvalue weighted by atomic mass is 32.2. The van der Waals surface area contributed by atoms with E-state index in [2.05, 4.69) is 17.2 Å². The summed E-state index contributed by atoms with van der Waals surface area (Å²) in [5, 5.41) is 4.04. The number of thiazole rings is 1. The molecule has 1 aromatic heterocycles. The van der Waals surface area contributed by atoms with Gasteiger partial charge in [0.1, 0.15) is 0 Å². The molecule has 1 N–H and O–H groups in total. The highest BCUT2D eigenvalue weighted by Gasteiger charge is 2.10. The third-order valence-corrected chi connectivity index (χ3v) is 4.40. The number of fused-ring (bicyclic) bond motifs is 1. The summed E-state index contributed by atoms with van der Waals surface area (Å²) in [6, 6.07) is 5.03. The highest BCUT2D eigenvalue weighted by Crippen LogP contribution is 2.28. The highest BCUT2D eigenvalue weighted by molar-refractivity contribution is 7.90. The van der Waals surface area contributed by atoms with Gasteiger partial charge in [0.15, 0.2) is 15.0 Å². The summed E-state index contributed by atoms with van der Waals surface area (Å²) in [4.78, 5) is 4.73. The number of hydrogen-bond donors (Lipinski definition) is 1. The summed E-state index contributed by atoms with van der Waals surface area (Å²) in [7, 11) is -3.14. The maximum Gasteiger partial charge on any atom is 0.183 e. The first-order valence-corrected chi connectivity index (χ1v) is 8.06. The zero-order valence-electron chi connectivity index (χ0n) is 9.73. The van der Waals surface area contributed by atoms with E-state index in [1.807, 2.05) is 0 Å². The Hall–Kier alpha value is -1.14. The summed E-state index contributed by atoms with van der Waals surface area (Å²) in [6.45, 7) is 2.96. The van der Waals surface area contributed by atoms with E-state index in [0.717, 1.165) is 28.3 Å². The smallest absolute Gasteiger partial charge is 0.183 e. The van der Waals surface area contributed by atoms with Crippen molar-refractivity contribution in [3.05, 3.63) is 18.2 Å². The fraction of sp³-hybridized carbons (Fsp3) is 0.364. The number of nitrogens with zero attached hydrogens (tertiary/aromatic N) is 1. The summed E-state index contributed by atoms with van der Waals surface area (Å²) >= 11 is 1.48. The van der Waals surface area contributed by atoms with E-state index in [0.29, 0.717) is 4.90 Å². The molecule has 0 bridgehead atoms. The Morgan fingerprint density at radius 1 is 1.41 bits per heavy atom. The van der Waals surface area contributed by atoms with Crippen molar-refractivity contribution in [3.63, 3.8) is 0 Å². The Bertz CT molecular complexity index is 632. The molecule has 1 aromatic carbocycles. The van der Waals surface area contributed by atoms with Crippen LogP contribution in [0.3, 0.4) is 0 Å². The molecule has 0 aliphatic heterocycles. The summed E-state index contributed by atoms with van der Waals surface area (Å²) in [5.41, 5.74) is 0.834. The largest absolute Gasteiger partial charge is 0.361 e. The second-order valence-electron chi connectivity index (χ2n) is 3.85. The minimum atomic E-state index is -3.14. The predicted molar refractivity (Wildman–Crippen MR) is 71.5 cm³/mol. The van der Waals surface area contributed by atoms with E-state index in [9.17, 15) is 8.42 Å². The van der Waals surface area contributed by atoms with Crippen molar-refractivity contribution < 1.29 is 8.42 Å². The van der Waals surface area contributed by atoms with E-state index in [-0.39, 0.29) is 0 Å². The normalized spacial score (nSPS) is 11.9. The predicted octanol–water partition coefficient (Wildman–Crippen LogP) is 2.52. The maximum atomic E-state index is 11.4. The van der Waals surface area contributed by atoms with Crippen molar-refractivity contribution in [2.45, 2.75) is 18.2 Å². The first kappa shape index (κ1) is 12.3. The Morgan fingerprint density at radius 2 is 2.18 bits per heavy atom.